The number of ether oxygens (including phenoxy) is 1. The molecule has 0 radical (unpaired) electrons. The fourth-order valence-electron chi connectivity index (χ4n) is 3.28. The van der Waals surface area contributed by atoms with Crippen LogP contribution < -0.4 is 15.4 Å². The number of aryl methyl sites for hydroxylation is 1. The molecule has 2 N–H and O–H groups in total. The van der Waals surface area contributed by atoms with Gasteiger partial charge in [-0.2, -0.15) is 0 Å². The minimum atomic E-state index is -0.492. The molecular weight excluding hydrogens is 437 g/mol. The maximum absolute atomic E-state index is 13.3. The lowest BCUT2D eigenvalue weighted by atomic mass is 10.1. The van der Waals surface area contributed by atoms with E-state index in [9.17, 15) is 18.8 Å². The molecule has 0 aromatic heterocycles. The molecule has 7 nitrogen and oxygen atoms in total. The Morgan fingerprint density at radius 2 is 1.59 bits per heavy atom. The highest BCUT2D eigenvalue weighted by Crippen LogP contribution is 2.15. The van der Waals surface area contributed by atoms with Gasteiger partial charge in [0.25, 0.3) is 5.91 Å². The van der Waals surface area contributed by atoms with Crippen LogP contribution in [-0.2, 0) is 16.1 Å². The molecule has 0 saturated carbocycles. The maximum atomic E-state index is 13.3. The number of methoxy groups -OCH3 is 1. The highest BCUT2D eigenvalue weighted by Gasteiger charge is 2.21. The Kier molecular flexibility index (Phi) is 8.34. The monoisotopic (exact) mass is 463 g/mol. The zero-order valence-corrected chi connectivity index (χ0v) is 19.0. The summed E-state index contributed by atoms with van der Waals surface area (Å²) in [6.45, 7) is 1.40. The molecule has 0 unspecified atom stereocenters. The van der Waals surface area contributed by atoms with Gasteiger partial charge in [0.15, 0.2) is 0 Å². The molecule has 0 aliphatic rings. The predicted octanol–water partition coefficient (Wildman–Crippen LogP) is 3.54. The van der Waals surface area contributed by atoms with E-state index in [1.807, 2.05) is 19.1 Å². The smallest absolute Gasteiger partial charge is 0.254 e. The SMILES string of the molecule is COc1ccc(NC(=O)CNC(=O)CN(Cc2ccc(F)cc2)C(=O)c2ccccc2C)cc1. The molecule has 0 spiro atoms. The van der Waals surface area contributed by atoms with Crippen molar-refractivity contribution in [3.05, 3.63) is 95.3 Å². The quantitative estimate of drug-likeness (QED) is 0.508. The van der Waals surface area contributed by atoms with Gasteiger partial charge in [-0.05, 0) is 60.5 Å². The summed E-state index contributed by atoms with van der Waals surface area (Å²) in [5.41, 5.74) is 2.48. The lowest BCUT2D eigenvalue weighted by molar-refractivity contribution is -0.124. The molecule has 0 heterocycles. The van der Waals surface area contributed by atoms with Crippen molar-refractivity contribution in [1.82, 2.24) is 10.2 Å². The summed E-state index contributed by atoms with van der Waals surface area (Å²) in [4.78, 5) is 39.4. The second-order valence-electron chi connectivity index (χ2n) is 7.66. The number of hydrogen-bond acceptors (Lipinski definition) is 4. The first-order valence-electron chi connectivity index (χ1n) is 10.7. The molecule has 0 bridgehead atoms. The van der Waals surface area contributed by atoms with Crippen molar-refractivity contribution in [1.29, 1.82) is 0 Å². The first-order valence-corrected chi connectivity index (χ1v) is 10.7. The lowest BCUT2D eigenvalue weighted by Crippen LogP contribution is -2.42. The number of anilines is 1. The first-order chi connectivity index (χ1) is 16.4. The molecule has 3 amide bonds. The number of carbonyl (C=O) groups excluding carboxylic acids is 3. The summed E-state index contributed by atoms with van der Waals surface area (Å²) in [7, 11) is 1.55. The van der Waals surface area contributed by atoms with Crippen LogP contribution in [0.4, 0.5) is 10.1 Å². The second kappa shape index (κ2) is 11.6. The number of benzene rings is 3. The van der Waals surface area contributed by atoms with Crippen molar-refractivity contribution in [3.63, 3.8) is 0 Å². The Bertz CT molecular complexity index is 1150. The Morgan fingerprint density at radius 3 is 2.24 bits per heavy atom. The maximum Gasteiger partial charge on any atom is 0.254 e. The van der Waals surface area contributed by atoms with Gasteiger partial charge in [0.2, 0.25) is 11.8 Å². The molecular formula is C26H26FN3O4. The van der Waals surface area contributed by atoms with Crippen LogP contribution in [0.1, 0.15) is 21.5 Å². The summed E-state index contributed by atoms with van der Waals surface area (Å²) >= 11 is 0. The summed E-state index contributed by atoms with van der Waals surface area (Å²) in [5, 5.41) is 5.22. The second-order valence-corrected chi connectivity index (χ2v) is 7.66. The van der Waals surface area contributed by atoms with Crippen molar-refractivity contribution < 1.29 is 23.5 Å². The summed E-state index contributed by atoms with van der Waals surface area (Å²) in [6, 6.07) is 19.6. The molecule has 0 aliphatic carbocycles. The van der Waals surface area contributed by atoms with Crippen molar-refractivity contribution in [2.75, 3.05) is 25.5 Å². The summed E-state index contributed by atoms with van der Waals surface area (Å²) < 4.78 is 18.4. The molecule has 3 aromatic carbocycles. The Hall–Kier alpha value is -4.20. The molecule has 0 fully saturated rings. The first kappa shape index (κ1) is 24.4. The number of rotatable bonds is 9. The average Bonchev–Trinajstić information content (AvgIpc) is 2.84. The van der Waals surface area contributed by atoms with E-state index in [1.165, 1.54) is 17.0 Å². The highest BCUT2D eigenvalue weighted by atomic mass is 19.1. The number of amides is 3. The van der Waals surface area contributed by atoms with Crippen LogP contribution in [0.15, 0.2) is 72.8 Å². The van der Waals surface area contributed by atoms with Crippen LogP contribution in [0.2, 0.25) is 0 Å². The average molecular weight is 464 g/mol. The van der Waals surface area contributed by atoms with Crippen LogP contribution >= 0.6 is 0 Å². The van der Waals surface area contributed by atoms with Crippen LogP contribution in [0.3, 0.4) is 0 Å². The van der Waals surface area contributed by atoms with Crippen LogP contribution in [0, 0.1) is 12.7 Å². The number of halogens is 1. The molecule has 3 rings (SSSR count). The van der Waals surface area contributed by atoms with Gasteiger partial charge in [-0.1, -0.05) is 30.3 Å². The van der Waals surface area contributed by atoms with E-state index in [1.54, 1.807) is 55.6 Å². The van der Waals surface area contributed by atoms with Gasteiger partial charge in [0, 0.05) is 17.8 Å². The molecule has 34 heavy (non-hydrogen) atoms. The van der Waals surface area contributed by atoms with E-state index in [4.69, 9.17) is 4.74 Å². The minimum Gasteiger partial charge on any atom is -0.497 e. The summed E-state index contributed by atoms with van der Waals surface area (Å²) in [6.07, 6.45) is 0. The van der Waals surface area contributed by atoms with Crippen molar-refractivity contribution >= 4 is 23.4 Å². The number of carbonyl (C=O) groups is 3. The molecule has 176 valence electrons. The Balaban J connectivity index is 1.63. The third-order valence-corrected chi connectivity index (χ3v) is 5.10. The van der Waals surface area contributed by atoms with Crippen LogP contribution in [0.25, 0.3) is 0 Å². The van der Waals surface area contributed by atoms with Gasteiger partial charge in [0.1, 0.15) is 18.1 Å². The van der Waals surface area contributed by atoms with Gasteiger partial charge >= 0.3 is 0 Å². The van der Waals surface area contributed by atoms with Crippen molar-refractivity contribution in [2.45, 2.75) is 13.5 Å². The topological polar surface area (TPSA) is 87.7 Å². The van der Waals surface area contributed by atoms with Crippen LogP contribution in [-0.4, -0.2) is 42.8 Å². The molecule has 8 heteroatoms. The zero-order valence-electron chi connectivity index (χ0n) is 19.0. The molecule has 0 aliphatic heterocycles. The Morgan fingerprint density at radius 1 is 0.912 bits per heavy atom. The highest BCUT2D eigenvalue weighted by molar-refractivity contribution is 5.98. The standard InChI is InChI=1S/C26H26FN3O4/c1-18-5-3-4-6-23(18)26(33)30(16-19-7-9-20(27)10-8-19)17-25(32)28-15-24(31)29-21-11-13-22(34-2)14-12-21/h3-14H,15-17H2,1-2H3,(H,28,32)(H,29,31). The van der Waals surface area contributed by atoms with E-state index in [2.05, 4.69) is 10.6 Å². The van der Waals surface area contributed by atoms with Crippen molar-refractivity contribution in [2.24, 2.45) is 0 Å². The minimum absolute atomic E-state index is 0.110. The zero-order chi connectivity index (χ0) is 24.5. The van der Waals surface area contributed by atoms with Crippen LogP contribution in [0.5, 0.6) is 5.75 Å². The largest absolute Gasteiger partial charge is 0.497 e. The number of nitrogens with one attached hydrogen (secondary N) is 2. The van der Waals surface area contributed by atoms with Gasteiger partial charge in [-0.3, -0.25) is 14.4 Å². The summed E-state index contributed by atoms with van der Waals surface area (Å²) in [5.74, 6) is -0.963. The van der Waals surface area contributed by atoms with Gasteiger partial charge in [-0.15, -0.1) is 0 Å². The molecule has 0 atom stereocenters. The molecule has 3 aromatic rings. The molecule has 0 saturated heterocycles. The van der Waals surface area contributed by atoms with Gasteiger partial charge in [-0.25, -0.2) is 4.39 Å². The Labute approximate surface area is 197 Å². The van der Waals surface area contributed by atoms with Gasteiger partial charge in [0.05, 0.1) is 13.7 Å². The fourth-order valence-corrected chi connectivity index (χ4v) is 3.28. The van der Waals surface area contributed by atoms with E-state index in [0.29, 0.717) is 22.6 Å². The number of hydrogen-bond donors (Lipinski definition) is 2. The van der Waals surface area contributed by atoms with E-state index in [0.717, 1.165) is 5.56 Å². The lowest BCUT2D eigenvalue weighted by Gasteiger charge is -2.23. The normalized spacial score (nSPS) is 10.3. The third-order valence-electron chi connectivity index (χ3n) is 5.10. The van der Waals surface area contributed by atoms with E-state index < -0.39 is 11.8 Å². The van der Waals surface area contributed by atoms with E-state index >= 15 is 0 Å². The van der Waals surface area contributed by atoms with E-state index in [-0.39, 0.29) is 31.4 Å². The number of nitrogens with zero attached hydrogens (tertiary/aromatic N) is 1. The predicted molar refractivity (Wildman–Crippen MR) is 127 cm³/mol. The van der Waals surface area contributed by atoms with Crippen molar-refractivity contribution in [3.8, 4) is 5.75 Å². The van der Waals surface area contributed by atoms with Gasteiger partial charge < -0.3 is 20.3 Å². The third kappa shape index (κ3) is 6.90. The fraction of sp³-hybridized carbons (Fsp3) is 0.192.